The molecule has 6 nitrogen and oxygen atoms in total. The first-order valence-electron chi connectivity index (χ1n) is 15.2. The number of likely N-dealkylation sites (tertiary alicyclic amines) is 1. The SMILES string of the molecule is C/C=C(\C)Cl.C/C=C\CCN1CC(=O)N(Cc2ccc(C(=O)N3CC=CC3)cc2)c2cc(CN3CCCC3)ccc2C1. The number of halogens is 1. The third-order valence-corrected chi connectivity index (χ3v) is 8.21. The molecule has 1 fully saturated rings. The fourth-order valence-corrected chi connectivity index (χ4v) is 5.52. The summed E-state index contributed by atoms with van der Waals surface area (Å²) < 4.78 is 0. The molecule has 0 aliphatic carbocycles. The van der Waals surface area contributed by atoms with E-state index in [1.54, 1.807) is 0 Å². The highest BCUT2D eigenvalue weighted by molar-refractivity contribution is 6.29. The molecule has 224 valence electrons. The van der Waals surface area contributed by atoms with Crippen molar-refractivity contribution in [3.8, 4) is 0 Å². The number of hydrogen-bond acceptors (Lipinski definition) is 4. The lowest BCUT2D eigenvalue weighted by Crippen LogP contribution is -2.37. The summed E-state index contributed by atoms with van der Waals surface area (Å²) >= 11 is 5.32. The Balaban J connectivity index is 0.000000748. The van der Waals surface area contributed by atoms with Crippen molar-refractivity contribution < 1.29 is 9.59 Å². The minimum atomic E-state index is 0.0519. The van der Waals surface area contributed by atoms with Crippen molar-refractivity contribution in [3.63, 3.8) is 0 Å². The summed E-state index contributed by atoms with van der Waals surface area (Å²) in [6.45, 7) is 12.9. The average molecular weight is 589 g/mol. The first-order chi connectivity index (χ1) is 20.4. The molecule has 2 amide bonds. The zero-order chi connectivity index (χ0) is 29.9. The van der Waals surface area contributed by atoms with Crippen LogP contribution in [-0.4, -0.2) is 65.8 Å². The van der Waals surface area contributed by atoms with Crippen LogP contribution in [0.15, 0.2) is 77.9 Å². The van der Waals surface area contributed by atoms with Gasteiger partial charge >= 0.3 is 0 Å². The number of hydrogen-bond donors (Lipinski definition) is 0. The second kappa shape index (κ2) is 15.9. The zero-order valence-electron chi connectivity index (χ0n) is 25.4. The fourth-order valence-electron chi connectivity index (χ4n) is 5.52. The first kappa shape index (κ1) is 31.7. The summed E-state index contributed by atoms with van der Waals surface area (Å²) in [5.74, 6) is 0.178. The molecule has 5 rings (SSSR count). The van der Waals surface area contributed by atoms with Gasteiger partial charge in [-0.05, 0) is 88.0 Å². The smallest absolute Gasteiger partial charge is 0.254 e. The van der Waals surface area contributed by atoms with E-state index in [2.05, 4.69) is 40.2 Å². The van der Waals surface area contributed by atoms with E-state index in [0.29, 0.717) is 31.7 Å². The van der Waals surface area contributed by atoms with Crippen LogP contribution in [-0.2, 0) is 24.4 Å². The van der Waals surface area contributed by atoms with E-state index in [1.807, 2.05) is 73.1 Å². The minimum absolute atomic E-state index is 0.0519. The quantitative estimate of drug-likeness (QED) is 0.320. The van der Waals surface area contributed by atoms with Crippen LogP contribution in [0.25, 0.3) is 0 Å². The van der Waals surface area contributed by atoms with Gasteiger partial charge in [-0.2, -0.15) is 0 Å². The van der Waals surface area contributed by atoms with Crippen molar-refractivity contribution >= 4 is 29.1 Å². The van der Waals surface area contributed by atoms with Crippen molar-refractivity contribution in [2.75, 3.05) is 44.2 Å². The molecule has 7 heteroatoms. The molecule has 0 aromatic heterocycles. The Hall–Kier alpha value is -3.19. The fraction of sp³-hybridized carbons (Fsp3) is 0.429. The lowest BCUT2D eigenvalue weighted by atomic mass is 10.1. The number of allylic oxidation sites excluding steroid dienone is 3. The number of carbonyl (C=O) groups excluding carboxylic acids is 2. The van der Waals surface area contributed by atoms with Crippen LogP contribution in [0.1, 0.15) is 67.1 Å². The number of nitrogens with zero attached hydrogens (tertiary/aromatic N) is 4. The van der Waals surface area contributed by atoms with E-state index in [9.17, 15) is 9.59 Å². The number of benzene rings is 2. The van der Waals surface area contributed by atoms with Crippen molar-refractivity contribution in [1.29, 1.82) is 0 Å². The maximum atomic E-state index is 13.6. The second-order valence-electron chi connectivity index (χ2n) is 11.2. The lowest BCUT2D eigenvalue weighted by Gasteiger charge is -2.25. The van der Waals surface area contributed by atoms with Gasteiger partial charge in [-0.15, -0.1) is 0 Å². The lowest BCUT2D eigenvalue weighted by molar-refractivity contribution is -0.119. The Kier molecular flexibility index (Phi) is 12.0. The van der Waals surface area contributed by atoms with Crippen LogP contribution < -0.4 is 4.90 Å². The zero-order valence-corrected chi connectivity index (χ0v) is 26.2. The van der Waals surface area contributed by atoms with Gasteiger partial charge in [0, 0.05) is 49.0 Å². The van der Waals surface area contributed by atoms with E-state index in [-0.39, 0.29) is 11.8 Å². The molecular formula is C35H45ClN4O2. The first-order valence-corrected chi connectivity index (χ1v) is 15.6. The monoisotopic (exact) mass is 588 g/mol. The van der Waals surface area contributed by atoms with E-state index in [0.717, 1.165) is 55.4 Å². The average Bonchev–Trinajstić information content (AvgIpc) is 3.70. The highest BCUT2D eigenvalue weighted by atomic mass is 35.5. The molecule has 42 heavy (non-hydrogen) atoms. The molecule has 0 saturated carbocycles. The Morgan fingerprint density at radius 1 is 0.905 bits per heavy atom. The van der Waals surface area contributed by atoms with E-state index < -0.39 is 0 Å². The molecule has 0 unspecified atom stereocenters. The molecule has 0 radical (unpaired) electrons. The summed E-state index contributed by atoms with van der Waals surface area (Å²) in [5.41, 5.74) is 5.21. The van der Waals surface area contributed by atoms with Gasteiger partial charge in [-0.1, -0.05) is 66.2 Å². The molecule has 2 aromatic carbocycles. The van der Waals surface area contributed by atoms with Crippen LogP contribution in [0, 0.1) is 0 Å². The van der Waals surface area contributed by atoms with Crippen molar-refractivity contribution in [2.45, 2.75) is 59.7 Å². The van der Waals surface area contributed by atoms with E-state index in [4.69, 9.17) is 11.6 Å². The summed E-state index contributed by atoms with van der Waals surface area (Å²) in [4.78, 5) is 34.9. The summed E-state index contributed by atoms with van der Waals surface area (Å²) in [5, 5.41) is 0.852. The van der Waals surface area contributed by atoms with Gasteiger partial charge in [0.05, 0.1) is 13.1 Å². The highest BCUT2D eigenvalue weighted by Crippen LogP contribution is 2.30. The van der Waals surface area contributed by atoms with Gasteiger partial charge in [-0.25, -0.2) is 0 Å². The largest absolute Gasteiger partial charge is 0.331 e. The Labute approximate surface area is 256 Å². The van der Waals surface area contributed by atoms with Gasteiger partial charge in [0.25, 0.3) is 5.91 Å². The minimum Gasteiger partial charge on any atom is -0.331 e. The Morgan fingerprint density at radius 2 is 1.57 bits per heavy atom. The van der Waals surface area contributed by atoms with E-state index >= 15 is 0 Å². The Morgan fingerprint density at radius 3 is 2.21 bits per heavy atom. The van der Waals surface area contributed by atoms with E-state index in [1.165, 1.54) is 24.0 Å². The number of amides is 2. The molecule has 3 aliphatic rings. The molecule has 3 heterocycles. The molecule has 0 spiro atoms. The highest BCUT2D eigenvalue weighted by Gasteiger charge is 2.27. The predicted octanol–water partition coefficient (Wildman–Crippen LogP) is 6.76. The van der Waals surface area contributed by atoms with Crippen LogP contribution in [0.4, 0.5) is 5.69 Å². The molecule has 2 aromatic rings. The van der Waals surface area contributed by atoms with Gasteiger partial charge in [0.1, 0.15) is 0 Å². The number of carbonyl (C=O) groups is 2. The van der Waals surface area contributed by atoms with Crippen molar-refractivity contribution in [3.05, 3.63) is 100 Å². The molecule has 0 N–H and O–H groups in total. The normalized spacial score (nSPS) is 17.9. The number of anilines is 1. The molecule has 0 bridgehead atoms. The summed E-state index contributed by atoms with van der Waals surface area (Å²) in [6.07, 6.45) is 13.6. The van der Waals surface area contributed by atoms with Crippen LogP contribution in [0.5, 0.6) is 0 Å². The van der Waals surface area contributed by atoms with Gasteiger partial charge in [-0.3, -0.25) is 19.4 Å². The predicted molar refractivity (Wildman–Crippen MR) is 174 cm³/mol. The third kappa shape index (κ3) is 8.90. The number of fused-ring (bicyclic) bond motifs is 1. The van der Waals surface area contributed by atoms with Crippen molar-refractivity contribution in [1.82, 2.24) is 14.7 Å². The van der Waals surface area contributed by atoms with Crippen LogP contribution in [0.2, 0.25) is 0 Å². The molecular weight excluding hydrogens is 544 g/mol. The van der Waals surface area contributed by atoms with Crippen molar-refractivity contribution in [2.24, 2.45) is 0 Å². The van der Waals surface area contributed by atoms with Crippen LogP contribution in [0.3, 0.4) is 0 Å². The van der Waals surface area contributed by atoms with Gasteiger partial charge < -0.3 is 9.80 Å². The molecule has 1 saturated heterocycles. The standard InChI is InChI=1S/C31H38N4O2.C4H7Cl/c1-2-3-4-17-33-23-28-14-11-26(21-32-15-5-6-16-32)20-29(28)35(30(36)24-33)22-25-9-12-27(13-10-25)31(37)34-18-7-8-19-34;1-3-4(2)5/h2-3,7-14,20H,4-6,15-19,21-24H2,1H3;3H,1-2H3/b3-2-;4-3+. The number of rotatable bonds is 8. The topological polar surface area (TPSA) is 47.1 Å². The Bertz CT molecular complexity index is 1280. The second-order valence-corrected chi connectivity index (χ2v) is 11.8. The third-order valence-electron chi connectivity index (χ3n) is 7.99. The maximum Gasteiger partial charge on any atom is 0.254 e. The van der Waals surface area contributed by atoms with Crippen LogP contribution >= 0.6 is 11.6 Å². The summed E-state index contributed by atoms with van der Waals surface area (Å²) in [6, 6.07) is 14.5. The van der Waals surface area contributed by atoms with Gasteiger partial charge in [0.15, 0.2) is 0 Å². The maximum absolute atomic E-state index is 13.6. The summed E-state index contributed by atoms with van der Waals surface area (Å²) in [7, 11) is 0. The molecule has 3 aliphatic heterocycles. The molecule has 0 atom stereocenters. The van der Waals surface area contributed by atoms with Gasteiger partial charge in [0.2, 0.25) is 5.91 Å².